The van der Waals surface area contributed by atoms with E-state index in [2.05, 4.69) is 11.7 Å². The molecule has 0 bridgehead atoms. The van der Waals surface area contributed by atoms with Gasteiger partial charge in [0.15, 0.2) is 0 Å². The Morgan fingerprint density at radius 2 is 1.86 bits per heavy atom. The van der Waals surface area contributed by atoms with E-state index >= 15 is 0 Å². The number of ketones is 2. The van der Waals surface area contributed by atoms with Gasteiger partial charge in [0, 0.05) is 11.1 Å². The van der Waals surface area contributed by atoms with E-state index in [9.17, 15) is 14.4 Å². The van der Waals surface area contributed by atoms with Gasteiger partial charge in [0.05, 0.1) is 6.61 Å². The van der Waals surface area contributed by atoms with E-state index in [4.69, 9.17) is 4.74 Å². The number of carbonyl (C=O) groups excluding carboxylic acids is 3. The Kier molecular flexibility index (Phi) is 5.09. The number of fused-ring (bicyclic) bond motifs is 1. The van der Waals surface area contributed by atoms with Crippen molar-refractivity contribution in [1.29, 1.82) is 0 Å². The second-order valence-corrected chi connectivity index (χ2v) is 4.96. The van der Waals surface area contributed by atoms with E-state index in [1.807, 2.05) is 0 Å². The Bertz CT molecular complexity index is 550. The molecule has 0 fully saturated rings. The summed E-state index contributed by atoms with van der Waals surface area (Å²) >= 11 is 0. The predicted molar refractivity (Wildman–Crippen MR) is 75.7 cm³/mol. The molecule has 1 atom stereocenters. The zero-order valence-electron chi connectivity index (χ0n) is 12.0. The molecule has 1 aromatic rings. The molecular formula is C16H18O5. The van der Waals surface area contributed by atoms with Crippen LogP contribution in [0.5, 0.6) is 5.75 Å². The van der Waals surface area contributed by atoms with Crippen molar-refractivity contribution in [3.05, 3.63) is 29.3 Å². The largest absolute Gasteiger partial charge is 0.494 e. The lowest BCUT2D eigenvalue weighted by molar-refractivity contribution is -0.130. The van der Waals surface area contributed by atoms with Crippen LogP contribution in [0.3, 0.4) is 0 Å². The molecular weight excluding hydrogens is 272 g/mol. The van der Waals surface area contributed by atoms with Crippen LogP contribution >= 0.6 is 0 Å². The SMILES string of the molecule is CCCCCCOc1ccc2c(c1)C(=O)C(OC=O)C2=O. The van der Waals surface area contributed by atoms with Crippen molar-refractivity contribution in [2.24, 2.45) is 0 Å². The lowest BCUT2D eigenvalue weighted by Gasteiger charge is -2.07. The van der Waals surface area contributed by atoms with E-state index in [0.29, 0.717) is 12.4 Å². The number of rotatable bonds is 8. The summed E-state index contributed by atoms with van der Waals surface area (Å²) < 4.78 is 10.1. The smallest absolute Gasteiger partial charge is 0.294 e. The van der Waals surface area contributed by atoms with Gasteiger partial charge in [-0.25, -0.2) is 0 Å². The summed E-state index contributed by atoms with van der Waals surface area (Å²) in [5.74, 6) is -0.409. The molecule has 112 valence electrons. The van der Waals surface area contributed by atoms with Gasteiger partial charge in [-0.3, -0.25) is 14.4 Å². The van der Waals surface area contributed by atoms with Gasteiger partial charge >= 0.3 is 0 Å². The fourth-order valence-corrected chi connectivity index (χ4v) is 2.33. The topological polar surface area (TPSA) is 69.7 Å². The van der Waals surface area contributed by atoms with Crippen molar-refractivity contribution in [2.75, 3.05) is 6.61 Å². The standard InChI is InChI=1S/C16H18O5/c1-2-3-4-5-8-20-11-6-7-12-13(9-11)15(19)16(14(12)18)21-10-17/h6-7,9-10,16H,2-5,8H2,1H3. The number of hydrogen-bond donors (Lipinski definition) is 0. The minimum atomic E-state index is -1.34. The summed E-state index contributed by atoms with van der Waals surface area (Å²) in [5, 5.41) is 0. The second-order valence-electron chi connectivity index (χ2n) is 4.96. The molecule has 0 radical (unpaired) electrons. The minimum absolute atomic E-state index is 0.123. The van der Waals surface area contributed by atoms with Gasteiger partial charge in [-0.15, -0.1) is 0 Å². The highest BCUT2D eigenvalue weighted by Gasteiger charge is 2.40. The Morgan fingerprint density at radius 3 is 2.57 bits per heavy atom. The van der Waals surface area contributed by atoms with Crippen molar-refractivity contribution in [1.82, 2.24) is 0 Å². The quantitative estimate of drug-likeness (QED) is 0.418. The lowest BCUT2D eigenvalue weighted by atomic mass is 10.1. The summed E-state index contributed by atoms with van der Waals surface area (Å²) in [6.07, 6.45) is 3.05. The van der Waals surface area contributed by atoms with Gasteiger partial charge < -0.3 is 9.47 Å². The zero-order chi connectivity index (χ0) is 15.2. The van der Waals surface area contributed by atoms with Crippen LogP contribution in [0.25, 0.3) is 0 Å². The highest BCUT2D eigenvalue weighted by Crippen LogP contribution is 2.28. The molecule has 0 amide bonds. The van der Waals surface area contributed by atoms with Gasteiger partial charge in [-0.2, -0.15) is 0 Å². The molecule has 2 rings (SSSR count). The molecule has 0 N–H and O–H groups in total. The van der Waals surface area contributed by atoms with E-state index in [0.717, 1.165) is 19.3 Å². The molecule has 5 nitrogen and oxygen atoms in total. The number of unbranched alkanes of at least 4 members (excludes halogenated alkanes) is 3. The number of benzene rings is 1. The predicted octanol–water partition coefficient (Wildman–Crippen LogP) is 2.57. The molecule has 21 heavy (non-hydrogen) atoms. The molecule has 0 spiro atoms. The Labute approximate surface area is 123 Å². The molecule has 0 aliphatic heterocycles. The van der Waals surface area contributed by atoms with Gasteiger partial charge in [-0.1, -0.05) is 26.2 Å². The Hall–Kier alpha value is -2.17. The van der Waals surface area contributed by atoms with Gasteiger partial charge in [0.2, 0.25) is 17.7 Å². The van der Waals surface area contributed by atoms with E-state index in [-0.39, 0.29) is 17.6 Å². The van der Waals surface area contributed by atoms with E-state index in [1.165, 1.54) is 6.42 Å². The van der Waals surface area contributed by atoms with E-state index < -0.39 is 17.7 Å². The summed E-state index contributed by atoms with van der Waals surface area (Å²) in [4.78, 5) is 34.2. The molecule has 5 heteroatoms. The summed E-state index contributed by atoms with van der Waals surface area (Å²) in [7, 11) is 0. The molecule has 0 aromatic heterocycles. The van der Waals surface area contributed by atoms with Crippen molar-refractivity contribution >= 4 is 18.0 Å². The van der Waals surface area contributed by atoms with Crippen LogP contribution < -0.4 is 4.74 Å². The average Bonchev–Trinajstić information content (AvgIpc) is 2.72. The Balaban J connectivity index is 2.02. The van der Waals surface area contributed by atoms with Gasteiger partial charge in [0.1, 0.15) is 5.75 Å². The molecule has 0 saturated carbocycles. The third-order valence-corrected chi connectivity index (χ3v) is 3.46. The highest BCUT2D eigenvalue weighted by molar-refractivity contribution is 6.29. The number of hydrogen-bond acceptors (Lipinski definition) is 5. The maximum atomic E-state index is 12.0. The fourth-order valence-electron chi connectivity index (χ4n) is 2.33. The summed E-state index contributed by atoms with van der Waals surface area (Å²) in [6.45, 7) is 2.84. The third-order valence-electron chi connectivity index (χ3n) is 3.46. The monoisotopic (exact) mass is 290 g/mol. The van der Waals surface area contributed by atoms with Crippen molar-refractivity contribution in [3.63, 3.8) is 0 Å². The van der Waals surface area contributed by atoms with E-state index in [1.54, 1.807) is 18.2 Å². The van der Waals surface area contributed by atoms with Crippen LogP contribution in [0.15, 0.2) is 18.2 Å². The molecule has 1 aliphatic carbocycles. The van der Waals surface area contributed by atoms with Crippen LogP contribution in [-0.4, -0.2) is 30.7 Å². The van der Waals surface area contributed by atoms with Gasteiger partial charge in [-0.05, 0) is 24.6 Å². The first-order valence-corrected chi connectivity index (χ1v) is 7.13. The molecule has 1 aromatic carbocycles. The van der Waals surface area contributed by atoms with Crippen LogP contribution in [0.1, 0.15) is 53.3 Å². The van der Waals surface area contributed by atoms with Crippen molar-refractivity contribution in [3.8, 4) is 5.75 Å². The fraction of sp³-hybridized carbons (Fsp3) is 0.438. The molecule has 1 aliphatic rings. The lowest BCUT2D eigenvalue weighted by Crippen LogP contribution is -2.25. The first kappa shape index (κ1) is 15.2. The van der Waals surface area contributed by atoms with Crippen LogP contribution in [0, 0.1) is 0 Å². The van der Waals surface area contributed by atoms with Gasteiger partial charge in [0.25, 0.3) is 6.47 Å². The first-order chi connectivity index (χ1) is 10.2. The maximum absolute atomic E-state index is 12.0. The zero-order valence-corrected chi connectivity index (χ0v) is 12.0. The number of ether oxygens (including phenoxy) is 2. The van der Waals surface area contributed by atoms with Crippen LogP contribution in [0.2, 0.25) is 0 Å². The minimum Gasteiger partial charge on any atom is -0.494 e. The molecule has 0 saturated heterocycles. The Morgan fingerprint density at radius 1 is 1.10 bits per heavy atom. The normalized spacial score (nSPS) is 16.7. The third kappa shape index (κ3) is 3.29. The van der Waals surface area contributed by atoms with Crippen LogP contribution in [0.4, 0.5) is 0 Å². The van der Waals surface area contributed by atoms with Crippen LogP contribution in [-0.2, 0) is 9.53 Å². The molecule has 0 heterocycles. The van der Waals surface area contributed by atoms with Crippen molar-refractivity contribution in [2.45, 2.75) is 38.7 Å². The number of carbonyl (C=O) groups is 3. The summed E-state index contributed by atoms with van der Waals surface area (Å²) in [6, 6.07) is 4.75. The summed E-state index contributed by atoms with van der Waals surface area (Å²) in [5.41, 5.74) is 0.545. The molecule has 1 unspecified atom stereocenters. The maximum Gasteiger partial charge on any atom is 0.294 e. The number of Topliss-reactive ketones (excluding diaryl/α,β-unsaturated/α-hetero) is 2. The highest BCUT2D eigenvalue weighted by atomic mass is 16.5. The van der Waals surface area contributed by atoms with Crippen molar-refractivity contribution < 1.29 is 23.9 Å². The second kappa shape index (κ2) is 7.02. The average molecular weight is 290 g/mol. The first-order valence-electron chi connectivity index (χ1n) is 7.13.